The molecule has 0 saturated heterocycles. The highest BCUT2D eigenvalue weighted by Crippen LogP contribution is 2.13. The fourth-order valence-electron chi connectivity index (χ4n) is 2.80. The van der Waals surface area contributed by atoms with E-state index in [-0.39, 0.29) is 11.5 Å². The quantitative estimate of drug-likeness (QED) is 0.797. The number of nitrogens with one attached hydrogen (secondary N) is 1. The van der Waals surface area contributed by atoms with Gasteiger partial charge in [-0.05, 0) is 42.7 Å². The third-order valence-corrected chi connectivity index (χ3v) is 4.39. The van der Waals surface area contributed by atoms with Gasteiger partial charge in [-0.15, -0.1) is 0 Å². The lowest BCUT2D eigenvalue weighted by Gasteiger charge is -2.09. The standard InChI is InChI=1S/C20H21N3O2/c1-4-14-5-7-15(8-6-14)12-21-19(24)16-9-10-18-17(11-16)22-13(2)20(25)23(18)3/h5-11H,4,12H2,1-3H3,(H,21,24). The molecule has 0 atom stereocenters. The van der Waals surface area contributed by atoms with Crippen molar-refractivity contribution in [1.29, 1.82) is 0 Å². The molecule has 0 aliphatic rings. The van der Waals surface area contributed by atoms with Crippen LogP contribution >= 0.6 is 0 Å². The summed E-state index contributed by atoms with van der Waals surface area (Å²) in [5.74, 6) is -0.158. The molecule has 5 nitrogen and oxygen atoms in total. The van der Waals surface area contributed by atoms with Crippen molar-refractivity contribution in [1.82, 2.24) is 14.9 Å². The maximum Gasteiger partial charge on any atom is 0.272 e. The smallest absolute Gasteiger partial charge is 0.272 e. The normalized spacial score (nSPS) is 10.8. The number of fused-ring (bicyclic) bond motifs is 1. The van der Waals surface area contributed by atoms with Crippen molar-refractivity contribution in [2.75, 3.05) is 0 Å². The number of rotatable bonds is 4. The Labute approximate surface area is 146 Å². The van der Waals surface area contributed by atoms with E-state index < -0.39 is 0 Å². The minimum Gasteiger partial charge on any atom is -0.348 e. The Hall–Kier alpha value is -2.95. The van der Waals surface area contributed by atoms with Gasteiger partial charge in [0.05, 0.1) is 11.0 Å². The van der Waals surface area contributed by atoms with E-state index in [1.54, 1.807) is 36.7 Å². The zero-order valence-corrected chi connectivity index (χ0v) is 14.7. The van der Waals surface area contributed by atoms with Crippen LogP contribution < -0.4 is 10.9 Å². The van der Waals surface area contributed by atoms with Crippen molar-refractivity contribution >= 4 is 16.9 Å². The van der Waals surface area contributed by atoms with Gasteiger partial charge in [-0.2, -0.15) is 0 Å². The zero-order valence-electron chi connectivity index (χ0n) is 14.7. The van der Waals surface area contributed by atoms with Crippen LogP contribution in [-0.4, -0.2) is 15.5 Å². The van der Waals surface area contributed by atoms with Crippen molar-refractivity contribution in [3.05, 3.63) is 75.2 Å². The molecule has 1 aromatic heterocycles. The number of hydrogen-bond donors (Lipinski definition) is 1. The summed E-state index contributed by atoms with van der Waals surface area (Å²) in [6.07, 6.45) is 0.999. The molecule has 128 valence electrons. The molecule has 0 radical (unpaired) electrons. The SMILES string of the molecule is CCc1ccc(CNC(=O)c2ccc3c(c2)nc(C)c(=O)n3C)cc1. The Bertz CT molecular complexity index is 988. The Morgan fingerprint density at radius 2 is 1.80 bits per heavy atom. The van der Waals surface area contributed by atoms with E-state index in [9.17, 15) is 9.59 Å². The van der Waals surface area contributed by atoms with Crippen LogP contribution in [0, 0.1) is 6.92 Å². The molecule has 0 fully saturated rings. The van der Waals surface area contributed by atoms with Gasteiger partial charge in [-0.1, -0.05) is 31.2 Å². The molecular weight excluding hydrogens is 314 g/mol. The van der Waals surface area contributed by atoms with Crippen LogP contribution in [0.15, 0.2) is 47.3 Å². The lowest BCUT2D eigenvalue weighted by molar-refractivity contribution is 0.0951. The minimum absolute atomic E-state index is 0.125. The summed E-state index contributed by atoms with van der Waals surface area (Å²) >= 11 is 0. The molecule has 0 unspecified atom stereocenters. The fraction of sp³-hybridized carbons (Fsp3) is 0.250. The first-order valence-corrected chi connectivity index (χ1v) is 8.33. The number of aromatic nitrogens is 2. The Morgan fingerprint density at radius 1 is 1.12 bits per heavy atom. The number of nitrogens with zero attached hydrogens (tertiary/aromatic N) is 2. The molecule has 3 aromatic rings. The lowest BCUT2D eigenvalue weighted by Crippen LogP contribution is -2.24. The van der Waals surface area contributed by atoms with Gasteiger partial charge in [0.25, 0.3) is 11.5 Å². The largest absolute Gasteiger partial charge is 0.348 e. The van der Waals surface area contributed by atoms with E-state index in [1.807, 2.05) is 12.1 Å². The van der Waals surface area contributed by atoms with Gasteiger partial charge in [-0.25, -0.2) is 4.98 Å². The van der Waals surface area contributed by atoms with Gasteiger partial charge in [0, 0.05) is 19.2 Å². The van der Waals surface area contributed by atoms with Crippen molar-refractivity contribution in [3.63, 3.8) is 0 Å². The minimum atomic E-state index is -0.158. The number of amides is 1. The first kappa shape index (κ1) is 16.9. The van der Waals surface area contributed by atoms with Crippen LogP contribution in [0.25, 0.3) is 11.0 Å². The molecule has 5 heteroatoms. The summed E-state index contributed by atoms with van der Waals surface area (Å²) in [5, 5.41) is 2.92. The molecule has 0 aliphatic heterocycles. The first-order valence-electron chi connectivity index (χ1n) is 8.33. The van der Waals surface area contributed by atoms with E-state index in [0.29, 0.717) is 28.8 Å². The van der Waals surface area contributed by atoms with Crippen molar-refractivity contribution in [2.24, 2.45) is 7.05 Å². The predicted molar refractivity (Wildman–Crippen MR) is 98.7 cm³/mol. The Morgan fingerprint density at radius 3 is 2.48 bits per heavy atom. The average Bonchev–Trinajstić information content (AvgIpc) is 2.64. The van der Waals surface area contributed by atoms with Crippen LogP contribution in [0.3, 0.4) is 0 Å². The van der Waals surface area contributed by atoms with E-state index in [1.165, 1.54) is 5.56 Å². The van der Waals surface area contributed by atoms with Crippen LogP contribution in [0.2, 0.25) is 0 Å². The van der Waals surface area contributed by atoms with Crippen LogP contribution in [0.5, 0.6) is 0 Å². The van der Waals surface area contributed by atoms with Gasteiger partial charge >= 0.3 is 0 Å². The second-order valence-electron chi connectivity index (χ2n) is 6.12. The number of carbonyl (C=O) groups excluding carboxylic acids is 1. The van der Waals surface area contributed by atoms with Crippen LogP contribution in [0.4, 0.5) is 0 Å². The fourth-order valence-corrected chi connectivity index (χ4v) is 2.80. The molecular formula is C20H21N3O2. The van der Waals surface area contributed by atoms with E-state index in [0.717, 1.165) is 12.0 Å². The molecule has 3 rings (SSSR count). The molecule has 1 N–H and O–H groups in total. The molecule has 2 aromatic carbocycles. The number of hydrogen-bond acceptors (Lipinski definition) is 3. The van der Waals surface area contributed by atoms with E-state index in [2.05, 4.69) is 29.4 Å². The lowest BCUT2D eigenvalue weighted by atomic mass is 10.1. The molecule has 0 bridgehead atoms. The van der Waals surface area contributed by atoms with Gasteiger partial charge in [0.2, 0.25) is 0 Å². The van der Waals surface area contributed by atoms with Gasteiger partial charge < -0.3 is 9.88 Å². The first-order chi connectivity index (χ1) is 12.0. The number of aryl methyl sites for hydroxylation is 3. The summed E-state index contributed by atoms with van der Waals surface area (Å²) in [7, 11) is 1.71. The van der Waals surface area contributed by atoms with Gasteiger partial charge in [-0.3, -0.25) is 9.59 Å². The maximum atomic E-state index is 12.4. The number of benzene rings is 2. The van der Waals surface area contributed by atoms with Crippen molar-refractivity contribution in [2.45, 2.75) is 26.8 Å². The molecule has 1 amide bonds. The average molecular weight is 335 g/mol. The predicted octanol–water partition coefficient (Wildman–Crippen LogP) is 2.73. The van der Waals surface area contributed by atoms with Crippen LogP contribution in [0.1, 0.15) is 34.1 Å². The van der Waals surface area contributed by atoms with Crippen molar-refractivity contribution < 1.29 is 4.79 Å². The summed E-state index contributed by atoms with van der Waals surface area (Å²) in [5.41, 5.74) is 4.51. The highest BCUT2D eigenvalue weighted by molar-refractivity contribution is 5.97. The molecule has 1 heterocycles. The monoisotopic (exact) mass is 335 g/mol. The molecule has 0 saturated carbocycles. The highest BCUT2D eigenvalue weighted by Gasteiger charge is 2.10. The maximum absolute atomic E-state index is 12.4. The summed E-state index contributed by atoms with van der Waals surface area (Å²) < 4.78 is 1.55. The van der Waals surface area contributed by atoms with Gasteiger partial charge in [0.15, 0.2) is 0 Å². The molecule has 0 spiro atoms. The summed E-state index contributed by atoms with van der Waals surface area (Å²) in [4.78, 5) is 28.6. The summed E-state index contributed by atoms with van der Waals surface area (Å²) in [6.45, 7) is 4.26. The van der Waals surface area contributed by atoms with Crippen molar-refractivity contribution in [3.8, 4) is 0 Å². The highest BCUT2D eigenvalue weighted by atomic mass is 16.1. The second-order valence-corrected chi connectivity index (χ2v) is 6.12. The van der Waals surface area contributed by atoms with Crippen LogP contribution in [-0.2, 0) is 20.0 Å². The molecule has 0 aliphatic carbocycles. The number of carbonyl (C=O) groups is 1. The summed E-state index contributed by atoms with van der Waals surface area (Å²) in [6, 6.07) is 13.4. The Balaban J connectivity index is 1.79. The van der Waals surface area contributed by atoms with E-state index in [4.69, 9.17) is 0 Å². The molecule has 25 heavy (non-hydrogen) atoms. The topological polar surface area (TPSA) is 64.0 Å². The third-order valence-electron chi connectivity index (χ3n) is 4.39. The van der Waals surface area contributed by atoms with Gasteiger partial charge in [0.1, 0.15) is 5.69 Å². The zero-order chi connectivity index (χ0) is 18.0. The Kier molecular flexibility index (Phi) is 4.65. The second kappa shape index (κ2) is 6.89. The third kappa shape index (κ3) is 3.45. The van der Waals surface area contributed by atoms with E-state index >= 15 is 0 Å².